The molecule has 0 aliphatic heterocycles. The summed E-state index contributed by atoms with van der Waals surface area (Å²) in [6.07, 6.45) is 1.53. The lowest BCUT2D eigenvalue weighted by Crippen LogP contribution is -2.28. The van der Waals surface area contributed by atoms with Crippen molar-refractivity contribution in [3.8, 4) is 16.9 Å². The Labute approximate surface area is 167 Å². The molecule has 0 bridgehead atoms. The summed E-state index contributed by atoms with van der Waals surface area (Å²) in [4.78, 5) is 0. The molecule has 28 heavy (non-hydrogen) atoms. The second-order valence-electron chi connectivity index (χ2n) is 7.56. The molecule has 1 aliphatic rings. The SMILES string of the molecule is C=Cc1ccc(OC(OCC2c3ccccc3-c3ccccc32)C(C)C)cc1. The molecule has 1 atom stereocenters. The molecule has 0 heterocycles. The topological polar surface area (TPSA) is 18.5 Å². The van der Waals surface area contributed by atoms with E-state index in [0.717, 1.165) is 11.3 Å². The lowest BCUT2D eigenvalue weighted by molar-refractivity contribution is -0.109. The molecule has 0 N–H and O–H groups in total. The van der Waals surface area contributed by atoms with E-state index in [1.165, 1.54) is 22.3 Å². The van der Waals surface area contributed by atoms with Crippen LogP contribution in [-0.4, -0.2) is 12.9 Å². The van der Waals surface area contributed by atoms with Crippen LogP contribution in [-0.2, 0) is 4.74 Å². The van der Waals surface area contributed by atoms with Gasteiger partial charge in [0.05, 0.1) is 6.61 Å². The monoisotopic (exact) mass is 370 g/mol. The quantitative estimate of drug-likeness (QED) is 0.441. The van der Waals surface area contributed by atoms with Crippen LogP contribution >= 0.6 is 0 Å². The zero-order valence-electron chi connectivity index (χ0n) is 16.5. The molecule has 3 aromatic carbocycles. The summed E-state index contributed by atoms with van der Waals surface area (Å²) in [6, 6.07) is 25.2. The highest BCUT2D eigenvalue weighted by atomic mass is 16.7. The Bertz CT molecular complexity index is 911. The lowest BCUT2D eigenvalue weighted by atomic mass is 9.98. The minimum atomic E-state index is -0.297. The Kier molecular flexibility index (Phi) is 5.31. The Morgan fingerprint density at radius 2 is 1.43 bits per heavy atom. The van der Waals surface area contributed by atoms with Gasteiger partial charge in [0.25, 0.3) is 0 Å². The van der Waals surface area contributed by atoms with Crippen molar-refractivity contribution in [1.82, 2.24) is 0 Å². The van der Waals surface area contributed by atoms with Crippen LogP contribution in [0, 0.1) is 5.92 Å². The summed E-state index contributed by atoms with van der Waals surface area (Å²) in [5.74, 6) is 1.29. The Morgan fingerprint density at radius 1 is 0.857 bits per heavy atom. The number of hydrogen-bond donors (Lipinski definition) is 0. The van der Waals surface area contributed by atoms with E-state index in [-0.39, 0.29) is 18.1 Å². The summed E-state index contributed by atoms with van der Waals surface area (Å²) < 4.78 is 12.5. The van der Waals surface area contributed by atoms with Gasteiger partial charge < -0.3 is 9.47 Å². The van der Waals surface area contributed by atoms with Gasteiger partial charge in [-0.2, -0.15) is 0 Å². The molecule has 3 aromatic rings. The highest BCUT2D eigenvalue weighted by Crippen LogP contribution is 2.44. The number of ether oxygens (including phenoxy) is 2. The van der Waals surface area contributed by atoms with Crippen LogP contribution in [0.5, 0.6) is 5.75 Å². The molecule has 0 radical (unpaired) electrons. The van der Waals surface area contributed by atoms with Crippen molar-refractivity contribution in [2.45, 2.75) is 26.1 Å². The summed E-state index contributed by atoms with van der Waals surface area (Å²) in [5, 5.41) is 0. The van der Waals surface area contributed by atoms with Gasteiger partial charge in [-0.1, -0.05) is 87.2 Å². The van der Waals surface area contributed by atoms with Crippen molar-refractivity contribution in [2.24, 2.45) is 5.92 Å². The summed E-state index contributed by atoms with van der Waals surface area (Å²) in [6.45, 7) is 8.64. The lowest BCUT2D eigenvalue weighted by Gasteiger charge is -2.25. The van der Waals surface area contributed by atoms with Gasteiger partial charge in [0.15, 0.2) is 0 Å². The van der Waals surface area contributed by atoms with Crippen molar-refractivity contribution in [3.63, 3.8) is 0 Å². The molecular formula is C26H26O2. The van der Waals surface area contributed by atoms with E-state index in [0.29, 0.717) is 6.61 Å². The first-order valence-electron chi connectivity index (χ1n) is 9.86. The summed E-state index contributed by atoms with van der Waals surface area (Å²) in [7, 11) is 0. The van der Waals surface area contributed by atoms with Crippen molar-refractivity contribution >= 4 is 6.08 Å². The first kappa shape index (κ1) is 18.5. The van der Waals surface area contributed by atoms with E-state index in [9.17, 15) is 0 Å². The van der Waals surface area contributed by atoms with E-state index >= 15 is 0 Å². The summed E-state index contributed by atoms with van der Waals surface area (Å²) >= 11 is 0. The fraction of sp³-hybridized carbons (Fsp3) is 0.231. The zero-order chi connectivity index (χ0) is 19.5. The van der Waals surface area contributed by atoms with Gasteiger partial charge in [-0.3, -0.25) is 0 Å². The van der Waals surface area contributed by atoms with E-state index in [1.807, 2.05) is 30.3 Å². The predicted octanol–water partition coefficient (Wildman–Crippen LogP) is 6.52. The molecule has 2 heteroatoms. The van der Waals surface area contributed by atoms with Gasteiger partial charge in [0, 0.05) is 11.8 Å². The molecule has 4 rings (SSSR count). The van der Waals surface area contributed by atoms with Gasteiger partial charge in [0.1, 0.15) is 5.75 Å². The van der Waals surface area contributed by atoms with Gasteiger partial charge >= 0.3 is 0 Å². The van der Waals surface area contributed by atoms with Gasteiger partial charge in [0.2, 0.25) is 6.29 Å². The standard InChI is InChI=1S/C26H26O2/c1-4-19-13-15-20(16-14-19)28-26(18(2)3)27-17-25-23-11-7-5-9-21(23)22-10-6-8-12-24(22)25/h4-16,18,25-26H,1,17H2,2-3H3. The molecule has 0 fully saturated rings. The normalized spacial score (nSPS) is 13.8. The molecule has 0 amide bonds. The Morgan fingerprint density at radius 3 is 1.96 bits per heavy atom. The van der Waals surface area contributed by atoms with Crippen LogP contribution in [0.2, 0.25) is 0 Å². The molecule has 0 aromatic heterocycles. The minimum absolute atomic E-state index is 0.236. The zero-order valence-corrected chi connectivity index (χ0v) is 16.5. The molecule has 0 saturated carbocycles. The third kappa shape index (κ3) is 3.61. The van der Waals surface area contributed by atoms with Crippen molar-refractivity contribution in [1.29, 1.82) is 0 Å². The first-order chi connectivity index (χ1) is 13.7. The average molecular weight is 370 g/mol. The Balaban J connectivity index is 1.52. The van der Waals surface area contributed by atoms with Crippen LogP contribution in [0.3, 0.4) is 0 Å². The number of hydrogen-bond acceptors (Lipinski definition) is 2. The summed E-state index contributed by atoms with van der Waals surface area (Å²) in [5.41, 5.74) is 6.37. The largest absolute Gasteiger partial charge is 0.465 e. The van der Waals surface area contributed by atoms with Crippen molar-refractivity contribution in [3.05, 3.63) is 96.1 Å². The molecular weight excluding hydrogens is 344 g/mol. The maximum absolute atomic E-state index is 6.32. The van der Waals surface area contributed by atoms with Crippen molar-refractivity contribution < 1.29 is 9.47 Å². The predicted molar refractivity (Wildman–Crippen MR) is 115 cm³/mol. The van der Waals surface area contributed by atoms with Crippen LogP contribution < -0.4 is 4.74 Å². The van der Waals surface area contributed by atoms with Crippen LogP contribution in [0.25, 0.3) is 17.2 Å². The third-order valence-corrected chi connectivity index (χ3v) is 5.30. The van der Waals surface area contributed by atoms with E-state index in [1.54, 1.807) is 0 Å². The highest BCUT2D eigenvalue weighted by Gasteiger charge is 2.29. The maximum Gasteiger partial charge on any atom is 0.202 e. The highest BCUT2D eigenvalue weighted by molar-refractivity contribution is 5.78. The van der Waals surface area contributed by atoms with Crippen molar-refractivity contribution in [2.75, 3.05) is 6.61 Å². The minimum Gasteiger partial charge on any atom is -0.465 e. The van der Waals surface area contributed by atoms with Gasteiger partial charge in [-0.05, 0) is 39.9 Å². The van der Waals surface area contributed by atoms with Crippen LogP contribution in [0.4, 0.5) is 0 Å². The molecule has 142 valence electrons. The van der Waals surface area contributed by atoms with E-state index < -0.39 is 0 Å². The molecule has 0 saturated heterocycles. The fourth-order valence-corrected chi connectivity index (χ4v) is 3.81. The third-order valence-electron chi connectivity index (χ3n) is 5.30. The number of benzene rings is 3. The molecule has 2 nitrogen and oxygen atoms in total. The van der Waals surface area contributed by atoms with Crippen LogP contribution in [0.1, 0.15) is 36.5 Å². The fourth-order valence-electron chi connectivity index (χ4n) is 3.81. The van der Waals surface area contributed by atoms with E-state index in [4.69, 9.17) is 9.47 Å². The number of fused-ring (bicyclic) bond motifs is 3. The molecule has 1 aliphatic carbocycles. The smallest absolute Gasteiger partial charge is 0.202 e. The average Bonchev–Trinajstić information content (AvgIpc) is 3.05. The van der Waals surface area contributed by atoms with Crippen LogP contribution in [0.15, 0.2) is 79.4 Å². The molecule has 1 unspecified atom stereocenters. The number of rotatable bonds is 7. The van der Waals surface area contributed by atoms with Gasteiger partial charge in [-0.25, -0.2) is 0 Å². The van der Waals surface area contributed by atoms with Gasteiger partial charge in [-0.15, -0.1) is 0 Å². The molecule has 0 spiro atoms. The Hall–Kier alpha value is -2.84. The second-order valence-corrected chi connectivity index (χ2v) is 7.56. The first-order valence-corrected chi connectivity index (χ1v) is 9.86. The van der Waals surface area contributed by atoms with E-state index in [2.05, 4.69) is 69.0 Å². The maximum atomic E-state index is 6.32. The second kappa shape index (κ2) is 8.04.